The first kappa shape index (κ1) is 13.7. The molecule has 0 spiro atoms. The number of aromatic nitrogens is 1. The fourth-order valence-corrected chi connectivity index (χ4v) is 2.20. The maximum absolute atomic E-state index is 11.7. The van der Waals surface area contributed by atoms with E-state index in [9.17, 15) is 4.79 Å². The van der Waals surface area contributed by atoms with Crippen LogP contribution in [0.1, 0.15) is 20.8 Å². The summed E-state index contributed by atoms with van der Waals surface area (Å²) in [5, 5.41) is 3.36. The Kier molecular flexibility index (Phi) is 3.71. The van der Waals surface area contributed by atoms with Crippen molar-refractivity contribution in [2.24, 2.45) is 0 Å². The maximum atomic E-state index is 11.7. The van der Waals surface area contributed by atoms with E-state index in [1.807, 2.05) is 20.8 Å². The molecule has 1 amide bonds. The lowest BCUT2D eigenvalue weighted by Crippen LogP contribution is -2.41. The summed E-state index contributed by atoms with van der Waals surface area (Å²) in [6.45, 7) is 5.83. The zero-order valence-electron chi connectivity index (χ0n) is 11.2. The Bertz CT molecular complexity index is 601. The predicted octanol–water partition coefficient (Wildman–Crippen LogP) is 2.42. The van der Waals surface area contributed by atoms with Gasteiger partial charge in [0.05, 0.1) is 5.75 Å². The fourth-order valence-electron chi connectivity index (χ4n) is 1.56. The summed E-state index contributed by atoms with van der Waals surface area (Å²) in [6.07, 6.45) is 0. The molecule has 1 aromatic carbocycles. The van der Waals surface area contributed by atoms with Gasteiger partial charge in [0, 0.05) is 17.3 Å². The van der Waals surface area contributed by atoms with E-state index >= 15 is 0 Å². The van der Waals surface area contributed by atoms with Crippen LogP contribution in [0.3, 0.4) is 0 Å². The minimum atomic E-state index is -0.229. The van der Waals surface area contributed by atoms with Crippen LogP contribution in [-0.4, -0.2) is 22.2 Å². The number of amides is 1. The molecule has 0 saturated heterocycles. The second-order valence-corrected chi connectivity index (χ2v) is 6.22. The number of anilines is 1. The lowest BCUT2D eigenvalue weighted by atomic mass is 10.1. The number of oxazole rings is 1. The monoisotopic (exact) mass is 279 g/mol. The van der Waals surface area contributed by atoms with Crippen LogP contribution in [0.15, 0.2) is 27.8 Å². The number of fused-ring (bicyclic) bond motifs is 1. The van der Waals surface area contributed by atoms with Crippen molar-refractivity contribution in [3.8, 4) is 0 Å². The molecule has 0 unspecified atom stereocenters. The SMILES string of the molecule is CC(C)(C)NC(=O)CSc1nc2ccc(N)cc2o1. The Balaban J connectivity index is 2.00. The molecule has 0 bridgehead atoms. The minimum absolute atomic E-state index is 0.0423. The smallest absolute Gasteiger partial charge is 0.257 e. The number of rotatable bonds is 3. The van der Waals surface area contributed by atoms with E-state index in [0.717, 1.165) is 5.52 Å². The van der Waals surface area contributed by atoms with Gasteiger partial charge in [0.25, 0.3) is 5.22 Å². The molecule has 0 radical (unpaired) electrons. The van der Waals surface area contributed by atoms with Crippen molar-refractivity contribution in [2.75, 3.05) is 11.5 Å². The number of carbonyl (C=O) groups is 1. The molecule has 0 atom stereocenters. The average Bonchev–Trinajstić information content (AvgIpc) is 2.66. The van der Waals surface area contributed by atoms with Crippen molar-refractivity contribution in [1.29, 1.82) is 0 Å². The van der Waals surface area contributed by atoms with E-state index in [1.165, 1.54) is 11.8 Å². The first-order valence-electron chi connectivity index (χ1n) is 5.93. The Morgan fingerprint density at radius 2 is 2.21 bits per heavy atom. The summed E-state index contributed by atoms with van der Waals surface area (Å²) >= 11 is 1.27. The number of nitrogen functional groups attached to an aromatic ring is 1. The second kappa shape index (κ2) is 5.13. The summed E-state index contributed by atoms with van der Waals surface area (Å²) in [7, 11) is 0. The van der Waals surface area contributed by atoms with Gasteiger partial charge in [0.2, 0.25) is 5.91 Å². The Morgan fingerprint density at radius 3 is 2.89 bits per heavy atom. The van der Waals surface area contributed by atoms with Gasteiger partial charge in [0.1, 0.15) is 5.52 Å². The third-order valence-corrected chi connectivity index (χ3v) is 3.06. The van der Waals surface area contributed by atoms with Gasteiger partial charge < -0.3 is 15.5 Å². The number of hydrogen-bond acceptors (Lipinski definition) is 5. The molecule has 5 nitrogen and oxygen atoms in total. The van der Waals surface area contributed by atoms with Gasteiger partial charge in [-0.05, 0) is 32.9 Å². The largest absolute Gasteiger partial charge is 0.431 e. The normalized spacial score (nSPS) is 11.7. The van der Waals surface area contributed by atoms with Crippen molar-refractivity contribution < 1.29 is 9.21 Å². The molecule has 3 N–H and O–H groups in total. The van der Waals surface area contributed by atoms with Gasteiger partial charge in [-0.2, -0.15) is 0 Å². The van der Waals surface area contributed by atoms with E-state index < -0.39 is 0 Å². The average molecular weight is 279 g/mol. The van der Waals surface area contributed by atoms with Crippen molar-refractivity contribution >= 4 is 34.5 Å². The topological polar surface area (TPSA) is 81.2 Å². The number of carbonyl (C=O) groups excluding carboxylic acids is 1. The van der Waals surface area contributed by atoms with E-state index in [-0.39, 0.29) is 17.2 Å². The van der Waals surface area contributed by atoms with Crippen molar-refractivity contribution in [3.63, 3.8) is 0 Å². The lowest BCUT2D eigenvalue weighted by molar-refractivity contribution is -0.119. The summed E-state index contributed by atoms with van der Waals surface area (Å²) in [6, 6.07) is 5.29. The highest BCUT2D eigenvalue weighted by Gasteiger charge is 2.15. The Hall–Kier alpha value is -1.69. The summed E-state index contributed by atoms with van der Waals surface area (Å²) in [5.74, 6) is 0.235. The third kappa shape index (κ3) is 3.89. The van der Waals surface area contributed by atoms with Gasteiger partial charge >= 0.3 is 0 Å². The van der Waals surface area contributed by atoms with Crippen molar-refractivity contribution in [3.05, 3.63) is 18.2 Å². The molecule has 0 saturated carbocycles. The first-order valence-corrected chi connectivity index (χ1v) is 6.92. The van der Waals surface area contributed by atoms with Crippen molar-refractivity contribution in [2.45, 2.75) is 31.5 Å². The molecule has 19 heavy (non-hydrogen) atoms. The van der Waals surface area contributed by atoms with E-state index in [4.69, 9.17) is 10.2 Å². The molecule has 1 heterocycles. The van der Waals surface area contributed by atoms with E-state index in [0.29, 0.717) is 16.5 Å². The molecule has 0 fully saturated rings. The molecular weight excluding hydrogens is 262 g/mol. The highest BCUT2D eigenvalue weighted by molar-refractivity contribution is 7.99. The predicted molar refractivity (Wildman–Crippen MR) is 77.0 cm³/mol. The van der Waals surface area contributed by atoms with Gasteiger partial charge in [-0.25, -0.2) is 4.98 Å². The quantitative estimate of drug-likeness (QED) is 0.666. The van der Waals surface area contributed by atoms with Crippen molar-refractivity contribution in [1.82, 2.24) is 10.3 Å². The number of nitrogens with zero attached hydrogens (tertiary/aromatic N) is 1. The summed E-state index contributed by atoms with van der Waals surface area (Å²) < 4.78 is 5.52. The molecule has 2 rings (SSSR count). The van der Waals surface area contributed by atoms with Gasteiger partial charge in [0.15, 0.2) is 5.58 Å². The number of thioether (sulfide) groups is 1. The molecule has 102 valence electrons. The zero-order valence-corrected chi connectivity index (χ0v) is 12.0. The standard InChI is InChI=1S/C13H17N3O2S/c1-13(2,3)16-11(17)7-19-12-15-9-5-4-8(14)6-10(9)18-12/h4-6H,7,14H2,1-3H3,(H,16,17). The van der Waals surface area contributed by atoms with Crippen LogP contribution in [0.25, 0.3) is 11.1 Å². The van der Waals surface area contributed by atoms with Crippen LogP contribution < -0.4 is 11.1 Å². The molecule has 0 aliphatic heterocycles. The molecule has 2 aromatic rings. The molecular formula is C13H17N3O2S. The Labute approximate surface area is 115 Å². The Morgan fingerprint density at radius 1 is 1.47 bits per heavy atom. The molecule has 6 heteroatoms. The molecule has 1 aromatic heterocycles. The molecule has 0 aliphatic carbocycles. The third-order valence-electron chi connectivity index (χ3n) is 2.23. The first-order chi connectivity index (χ1) is 8.83. The van der Waals surface area contributed by atoms with E-state index in [1.54, 1.807) is 18.2 Å². The van der Waals surface area contributed by atoms with Crippen LogP contribution in [0.5, 0.6) is 0 Å². The van der Waals surface area contributed by atoms with Crippen LogP contribution in [0.4, 0.5) is 5.69 Å². The van der Waals surface area contributed by atoms with Gasteiger partial charge in [-0.1, -0.05) is 11.8 Å². The van der Waals surface area contributed by atoms with E-state index in [2.05, 4.69) is 10.3 Å². The summed E-state index contributed by atoms with van der Waals surface area (Å²) in [5.41, 5.74) is 7.45. The highest BCUT2D eigenvalue weighted by atomic mass is 32.2. The molecule has 0 aliphatic rings. The fraction of sp³-hybridized carbons (Fsp3) is 0.385. The van der Waals surface area contributed by atoms with Crippen LogP contribution >= 0.6 is 11.8 Å². The van der Waals surface area contributed by atoms with Crippen LogP contribution in [0, 0.1) is 0 Å². The highest BCUT2D eigenvalue weighted by Crippen LogP contribution is 2.24. The minimum Gasteiger partial charge on any atom is -0.431 e. The van der Waals surface area contributed by atoms with Gasteiger partial charge in [-0.3, -0.25) is 4.79 Å². The number of nitrogens with one attached hydrogen (secondary N) is 1. The lowest BCUT2D eigenvalue weighted by Gasteiger charge is -2.19. The van der Waals surface area contributed by atoms with Crippen LogP contribution in [0.2, 0.25) is 0 Å². The van der Waals surface area contributed by atoms with Crippen LogP contribution in [-0.2, 0) is 4.79 Å². The zero-order chi connectivity index (χ0) is 14.0. The second-order valence-electron chi connectivity index (χ2n) is 5.29. The number of hydrogen-bond donors (Lipinski definition) is 2. The van der Waals surface area contributed by atoms with Gasteiger partial charge in [-0.15, -0.1) is 0 Å². The number of nitrogens with two attached hydrogens (primary N) is 1. The maximum Gasteiger partial charge on any atom is 0.257 e. The number of benzene rings is 1. The summed E-state index contributed by atoms with van der Waals surface area (Å²) in [4.78, 5) is 16.0.